The number of anilines is 1. The Kier molecular flexibility index (Phi) is 6.85. The van der Waals surface area contributed by atoms with Gasteiger partial charge in [-0.2, -0.15) is 0 Å². The largest absolute Gasteiger partial charge is 0.495 e. The Hall–Kier alpha value is -4.27. The smallest absolute Gasteiger partial charge is 0.257 e. The first-order valence-electron chi connectivity index (χ1n) is 12.3. The van der Waals surface area contributed by atoms with E-state index in [4.69, 9.17) is 4.74 Å². The van der Waals surface area contributed by atoms with Gasteiger partial charge in [0.25, 0.3) is 5.91 Å². The standard InChI is InChI=1S/C28H29FN6O2/c1-18-16-35(17-30-18)25-11-8-21(14-26(25)37-3)24-15-23(28(36)34-12-4-5-13-34)27(33-32-24)31-19(2)20-6-9-22(29)10-7-20/h6-11,14-17,19H,4-5,12-13H2,1-3H3,(H,31,33)/t19-/m0/s1. The molecule has 8 nitrogen and oxygen atoms in total. The average Bonchev–Trinajstić information content (AvgIpc) is 3.61. The SMILES string of the molecule is COc1cc(-c2cc(C(=O)N3CCCC3)c(N[C@@H](C)c3ccc(F)cc3)nn2)ccc1-n1cnc(C)c1. The number of benzene rings is 2. The van der Waals surface area contributed by atoms with Gasteiger partial charge < -0.3 is 19.5 Å². The third-order valence-electron chi connectivity index (χ3n) is 6.61. The van der Waals surface area contributed by atoms with E-state index in [0.717, 1.165) is 48.4 Å². The number of nitrogens with one attached hydrogen (secondary N) is 1. The van der Waals surface area contributed by atoms with E-state index in [-0.39, 0.29) is 17.8 Å². The summed E-state index contributed by atoms with van der Waals surface area (Å²) in [5, 5.41) is 12.2. The first-order valence-corrected chi connectivity index (χ1v) is 12.3. The molecular weight excluding hydrogens is 471 g/mol. The molecular formula is C28H29FN6O2. The van der Waals surface area contributed by atoms with Gasteiger partial charge in [0.1, 0.15) is 11.6 Å². The van der Waals surface area contributed by atoms with Crippen molar-refractivity contribution in [3.8, 4) is 22.7 Å². The zero-order valence-corrected chi connectivity index (χ0v) is 21.1. The highest BCUT2D eigenvalue weighted by molar-refractivity contribution is 5.99. The number of imidazole rings is 1. The van der Waals surface area contributed by atoms with Gasteiger partial charge in [0.05, 0.1) is 42.1 Å². The lowest BCUT2D eigenvalue weighted by Crippen LogP contribution is -2.29. The number of aryl methyl sites for hydroxylation is 1. The van der Waals surface area contributed by atoms with Crippen molar-refractivity contribution >= 4 is 11.7 Å². The molecule has 4 aromatic rings. The van der Waals surface area contributed by atoms with Crippen LogP contribution in [0.4, 0.5) is 10.2 Å². The number of nitrogens with zero attached hydrogens (tertiary/aromatic N) is 5. The summed E-state index contributed by atoms with van der Waals surface area (Å²) in [6, 6.07) is 13.6. The third-order valence-corrected chi connectivity index (χ3v) is 6.61. The minimum absolute atomic E-state index is 0.0834. The van der Waals surface area contributed by atoms with Crippen LogP contribution in [0.3, 0.4) is 0 Å². The summed E-state index contributed by atoms with van der Waals surface area (Å²) in [6.45, 7) is 5.30. The van der Waals surface area contributed by atoms with Crippen molar-refractivity contribution in [1.82, 2.24) is 24.6 Å². The molecule has 1 N–H and O–H groups in total. The maximum absolute atomic E-state index is 13.5. The topological polar surface area (TPSA) is 85.2 Å². The maximum Gasteiger partial charge on any atom is 0.257 e. The van der Waals surface area contributed by atoms with E-state index in [1.165, 1.54) is 12.1 Å². The number of hydrogen-bond acceptors (Lipinski definition) is 6. The van der Waals surface area contributed by atoms with E-state index in [9.17, 15) is 9.18 Å². The van der Waals surface area contributed by atoms with E-state index in [2.05, 4.69) is 20.5 Å². The highest BCUT2D eigenvalue weighted by atomic mass is 19.1. The summed E-state index contributed by atoms with van der Waals surface area (Å²) in [7, 11) is 1.62. The molecule has 1 atom stereocenters. The molecule has 5 rings (SSSR count). The summed E-state index contributed by atoms with van der Waals surface area (Å²) in [6.07, 6.45) is 5.63. The van der Waals surface area contributed by atoms with Gasteiger partial charge in [-0.25, -0.2) is 9.37 Å². The second-order valence-electron chi connectivity index (χ2n) is 9.22. The molecule has 3 heterocycles. The fourth-order valence-corrected chi connectivity index (χ4v) is 4.54. The number of rotatable bonds is 7. The van der Waals surface area contributed by atoms with Crippen LogP contribution in [-0.2, 0) is 0 Å². The predicted octanol–water partition coefficient (Wildman–Crippen LogP) is 5.19. The Morgan fingerprint density at radius 1 is 1.08 bits per heavy atom. The van der Waals surface area contributed by atoms with E-state index < -0.39 is 0 Å². The number of likely N-dealkylation sites (tertiary alicyclic amines) is 1. The minimum Gasteiger partial charge on any atom is -0.495 e. The fourth-order valence-electron chi connectivity index (χ4n) is 4.54. The normalized spacial score (nSPS) is 14.0. The van der Waals surface area contributed by atoms with E-state index in [0.29, 0.717) is 22.8 Å². The van der Waals surface area contributed by atoms with Gasteiger partial charge in [0.15, 0.2) is 5.82 Å². The lowest BCUT2D eigenvalue weighted by Gasteiger charge is -2.21. The van der Waals surface area contributed by atoms with Crippen LogP contribution in [0.15, 0.2) is 61.1 Å². The van der Waals surface area contributed by atoms with Gasteiger partial charge in [-0.05, 0) is 62.6 Å². The van der Waals surface area contributed by atoms with Crippen molar-refractivity contribution in [3.05, 3.63) is 83.7 Å². The van der Waals surface area contributed by atoms with Crippen LogP contribution in [0.1, 0.15) is 47.4 Å². The summed E-state index contributed by atoms with van der Waals surface area (Å²) >= 11 is 0. The molecule has 2 aromatic carbocycles. The molecule has 9 heteroatoms. The van der Waals surface area contributed by atoms with Crippen molar-refractivity contribution in [2.24, 2.45) is 0 Å². The Morgan fingerprint density at radius 3 is 2.51 bits per heavy atom. The quantitative estimate of drug-likeness (QED) is 0.376. The van der Waals surface area contributed by atoms with Gasteiger partial charge in [0, 0.05) is 24.8 Å². The van der Waals surface area contributed by atoms with E-state index in [1.807, 2.05) is 47.7 Å². The highest BCUT2D eigenvalue weighted by Crippen LogP contribution is 2.31. The van der Waals surface area contributed by atoms with Crippen LogP contribution in [0.25, 0.3) is 16.9 Å². The van der Waals surface area contributed by atoms with E-state index >= 15 is 0 Å². The van der Waals surface area contributed by atoms with Crippen LogP contribution >= 0.6 is 0 Å². The van der Waals surface area contributed by atoms with Crippen molar-refractivity contribution < 1.29 is 13.9 Å². The Bertz CT molecular complexity index is 1410. The number of amides is 1. The van der Waals surface area contributed by atoms with Crippen LogP contribution in [-0.4, -0.2) is 50.8 Å². The Morgan fingerprint density at radius 2 is 1.84 bits per heavy atom. The van der Waals surface area contributed by atoms with Gasteiger partial charge in [-0.15, -0.1) is 10.2 Å². The van der Waals surface area contributed by atoms with Crippen molar-refractivity contribution in [1.29, 1.82) is 0 Å². The molecule has 0 aliphatic carbocycles. The Labute approximate surface area is 215 Å². The van der Waals surface area contributed by atoms with Crippen molar-refractivity contribution in [2.75, 3.05) is 25.5 Å². The first kappa shape index (κ1) is 24.4. The molecule has 0 radical (unpaired) electrons. The van der Waals surface area contributed by atoms with Gasteiger partial charge >= 0.3 is 0 Å². The molecule has 0 bridgehead atoms. The zero-order chi connectivity index (χ0) is 25.9. The number of aromatic nitrogens is 4. The van der Waals surface area contributed by atoms with Crippen LogP contribution in [0.5, 0.6) is 5.75 Å². The lowest BCUT2D eigenvalue weighted by atomic mass is 10.1. The summed E-state index contributed by atoms with van der Waals surface area (Å²) < 4.78 is 20.9. The highest BCUT2D eigenvalue weighted by Gasteiger charge is 2.25. The fraction of sp³-hybridized carbons (Fsp3) is 0.286. The first-order chi connectivity index (χ1) is 17.9. The maximum atomic E-state index is 13.5. The minimum atomic E-state index is -0.297. The molecule has 1 saturated heterocycles. The summed E-state index contributed by atoms with van der Waals surface area (Å²) in [5.41, 5.74) is 4.42. The van der Waals surface area contributed by atoms with Crippen molar-refractivity contribution in [3.63, 3.8) is 0 Å². The number of carbonyl (C=O) groups excluding carboxylic acids is 1. The zero-order valence-electron chi connectivity index (χ0n) is 21.1. The molecule has 1 aliphatic rings. The second kappa shape index (κ2) is 10.4. The third kappa shape index (κ3) is 5.16. The number of halogens is 1. The monoisotopic (exact) mass is 500 g/mol. The van der Waals surface area contributed by atoms with Gasteiger partial charge in [-0.1, -0.05) is 18.2 Å². The van der Waals surface area contributed by atoms with Crippen LogP contribution in [0.2, 0.25) is 0 Å². The van der Waals surface area contributed by atoms with E-state index in [1.54, 1.807) is 31.6 Å². The second-order valence-corrected chi connectivity index (χ2v) is 9.22. The predicted molar refractivity (Wildman–Crippen MR) is 139 cm³/mol. The molecule has 2 aromatic heterocycles. The number of ether oxygens (including phenoxy) is 1. The lowest BCUT2D eigenvalue weighted by molar-refractivity contribution is 0.0793. The molecule has 1 aliphatic heterocycles. The summed E-state index contributed by atoms with van der Waals surface area (Å²) in [4.78, 5) is 19.7. The summed E-state index contributed by atoms with van der Waals surface area (Å²) in [5.74, 6) is 0.667. The molecule has 190 valence electrons. The number of methoxy groups -OCH3 is 1. The Balaban J connectivity index is 1.50. The molecule has 0 unspecified atom stereocenters. The number of hydrogen-bond donors (Lipinski definition) is 1. The molecule has 0 saturated carbocycles. The van der Waals surface area contributed by atoms with Gasteiger partial charge in [-0.3, -0.25) is 4.79 Å². The number of carbonyl (C=O) groups is 1. The van der Waals surface area contributed by atoms with Gasteiger partial charge in [0.2, 0.25) is 0 Å². The molecule has 0 spiro atoms. The van der Waals surface area contributed by atoms with Crippen molar-refractivity contribution in [2.45, 2.75) is 32.7 Å². The van der Waals surface area contributed by atoms with Crippen LogP contribution < -0.4 is 10.1 Å². The molecule has 1 fully saturated rings. The molecule has 1 amide bonds. The molecule has 37 heavy (non-hydrogen) atoms. The van der Waals surface area contributed by atoms with Crippen LogP contribution in [0, 0.1) is 12.7 Å². The average molecular weight is 501 g/mol.